The summed E-state index contributed by atoms with van der Waals surface area (Å²) in [6, 6.07) is 18.1. The van der Waals surface area contributed by atoms with E-state index in [0.717, 1.165) is 16.5 Å². The number of nitrogens with one attached hydrogen (secondary N) is 2. The Morgan fingerprint density at radius 1 is 1.07 bits per heavy atom. The van der Waals surface area contributed by atoms with Gasteiger partial charge in [-0.1, -0.05) is 42.5 Å². The van der Waals surface area contributed by atoms with E-state index in [-0.39, 0.29) is 12.1 Å². The van der Waals surface area contributed by atoms with Crippen molar-refractivity contribution in [1.29, 1.82) is 0 Å². The van der Waals surface area contributed by atoms with Crippen LogP contribution in [0.4, 0.5) is 4.79 Å². The van der Waals surface area contributed by atoms with Crippen molar-refractivity contribution in [2.45, 2.75) is 12.6 Å². The summed E-state index contributed by atoms with van der Waals surface area (Å²) in [5.74, 6) is 0. The fraction of sp³-hybridized carbons (Fsp3) is 0.143. The smallest absolute Gasteiger partial charge is 0.315 e. The Kier molecular flexibility index (Phi) is 5.16. The molecule has 2 aromatic heterocycles. The third kappa shape index (κ3) is 4.01. The molecule has 0 saturated carbocycles. The average molecular weight is 376 g/mol. The maximum atomic E-state index is 12.3. The first-order valence-corrected chi connectivity index (χ1v) is 9.75. The first-order chi connectivity index (χ1) is 13.3. The highest BCUT2D eigenvalue weighted by atomic mass is 32.1. The van der Waals surface area contributed by atoms with Crippen molar-refractivity contribution in [3.8, 4) is 0 Å². The van der Waals surface area contributed by atoms with Crippen molar-refractivity contribution in [2.24, 2.45) is 0 Å². The van der Waals surface area contributed by atoms with Crippen LogP contribution in [0, 0.1) is 0 Å². The predicted octanol–water partition coefficient (Wildman–Crippen LogP) is 4.19. The molecule has 2 amide bonds. The van der Waals surface area contributed by atoms with E-state index < -0.39 is 0 Å². The number of fused-ring (bicyclic) bond motifs is 1. The molecule has 0 aliphatic heterocycles. The van der Waals surface area contributed by atoms with Gasteiger partial charge in [0.15, 0.2) is 0 Å². The van der Waals surface area contributed by atoms with Gasteiger partial charge in [-0.25, -0.2) is 4.79 Å². The third-order valence-electron chi connectivity index (χ3n) is 4.55. The van der Waals surface area contributed by atoms with Gasteiger partial charge < -0.3 is 10.6 Å². The molecule has 0 aliphatic carbocycles. The van der Waals surface area contributed by atoms with Gasteiger partial charge in [-0.05, 0) is 44.8 Å². The molecule has 5 nitrogen and oxygen atoms in total. The molecule has 0 unspecified atom stereocenters. The van der Waals surface area contributed by atoms with Gasteiger partial charge in [0.1, 0.15) is 0 Å². The lowest BCUT2D eigenvalue weighted by atomic mass is 10.0. The number of benzene rings is 2. The standard InChI is InChI=1S/C21H20N4OS/c26-21(22-13-17-7-3-6-16-5-1-2-8-19(16)17)23-14-20(18-9-12-27-15-18)25-11-4-10-24-25/h1-12,15,20H,13-14H2,(H2,22,23,26)/t20-/m1/s1. The Labute approximate surface area is 161 Å². The van der Waals surface area contributed by atoms with Crippen molar-refractivity contribution < 1.29 is 4.79 Å². The lowest BCUT2D eigenvalue weighted by molar-refractivity contribution is 0.239. The number of rotatable bonds is 6. The van der Waals surface area contributed by atoms with Crippen LogP contribution in [0.2, 0.25) is 0 Å². The minimum Gasteiger partial charge on any atom is -0.336 e. The molecule has 0 aliphatic rings. The fourth-order valence-electron chi connectivity index (χ4n) is 3.17. The topological polar surface area (TPSA) is 59.0 Å². The van der Waals surface area contributed by atoms with Crippen LogP contribution in [0.25, 0.3) is 10.8 Å². The zero-order valence-electron chi connectivity index (χ0n) is 14.7. The number of thiophene rings is 1. The number of hydrogen-bond acceptors (Lipinski definition) is 3. The fourth-order valence-corrected chi connectivity index (χ4v) is 3.87. The van der Waals surface area contributed by atoms with Gasteiger partial charge in [0.05, 0.1) is 6.04 Å². The van der Waals surface area contributed by atoms with Gasteiger partial charge in [-0.3, -0.25) is 4.68 Å². The molecule has 2 aromatic carbocycles. The molecule has 0 fully saturated rings. The quantitative estimate of drug-likeness (QED) is 0.530. The first-order valence-electron chi connectivity index (χ1n) is 8.81. The van der Waals surface area contributed by atoms with Crippen LogP contribution < -0.4 is 10.6 Å². The minimum atomic E-state index is -0.185. The minimum absolute atomic E-state index is 0.0189. The summed E-state index contributed by atoms with van der Waals surface area (Å²) in [5, 5.41) is 16.7. The largest absolute Gasteiger partial charge is 0.336 e. The molecule has 0 bridgehead atoms. The lowest BCUT2D eigenvalue weighted by Crippen LogP contribution is -2.38. The molecule has 6 heteroatoms. The van der Waals surface area contributed by atoms with E-state index in [1.165, 1.54) is 5.39 Å². The Morgan fingerprint density at radius 3 is 2.78 bits per heavy atom. The van der Waals surface area contributed by atoms with Gasteiger partial charge >= 0.3 is 6.03 Å². The van der Waals surface area contributed by atoms with Gasteiger partial charge in [-0.15, -0.1) is 0 Å². The van der Waals surface area contributed by atoms with E-state index in [1.807, 2.05) is 46.6 Å². The zero-order chi connectivity index (χ0) is 18.5. The lowest BCUT2D eigenvalue weighted by Gasteiger charge is -2.18. The summed E-state index contributed by atoms with van der Waals surface area (Å²) in [7, 11) is 0. The molecule has 0 radical (unpaired) electrons. The van der Waals surface area contributed by atoms with Crippen molar-refractivity contribution in [3.63, 3.8) is 0 Å². The van der Waals surface area contributed by atoms with Gasteiger partial charge in [0.25, 0.3) is 0 Å². The van der Waals surface area contributed by atoms with Gasteiger partial charge in [0, 0.05) is 25.5 Å². The van der Waals surface area contributed by atoms with Crippen LogP contribution in [0.5, 0.6) is 0 Å². The van der Waals surface area contributed by atoms with E-state index in [2.05, 4.69) is 45.4 Å². The van der Waals surface area contributed by atoms with Gasteiger partial charge in [-0.2, -0.15) is 16.4 Å². The number of carbonyl (C=O) groups is 1. The summed E-state index contributed by atoms with van der Waals surface area (Å²) in [5.41, 5.74) is 2.24. The molecule has 2 N–H and O–H groups in total. The normalized spacial score (nSPS) is 12.0. The summed E-state index contributed by atoms with van der Waals surface area (Å²) in [6.45, 7) is 0.956. The molecule has 2 heterocycles. The van der Waals surface area contributed by atoms with Crippen LogP contribution in [-0.4, -0.2) is 22.4 Å². The van der Waals surface area contributed by atoms with Crippen LogP contribution >= 0.6 is 11.3 Å². The number of aromatic nitrogens is 2. The summed E-state index contributed by atoms with van der Waals surface area (Å²) in [6.07, 6.45) is 3.66. The van der Waals surface area contributed by atoms with Crippen LogP contribution in [0.3, 0.4) is 0 Å². The Hall–Kier alpha value is -3.12. The molecule has 0 saturated heterocycles. The second-order valence-corrected chi connectivity index (χ2v) is 7.04. The number of carbonyl (C=O) groups excluding carboxylic acids is 1. The Morgan fingerprint density at radius 2 is 1.96 bits per heavy atom. The number of urea groups is 1. The molecule has 1 atom stereocenters. The SMILES string of the molecule is O=C(NCc1cccc2ccccc12)NC[C@H](c1ccsc1)n1cccn1. The predicted molar refractivity (Wildman–Crippen MR) is 109 cm³/mol. The maximum Gasteiger partial charge on any atom is 0.315 e. The Balaban J connectivity index is 1.39. The highest BCUT2D eigenvalue weighted by Gasteiger charge is 2.15. The summed E-state index contributed by atoms with van der Waals surface area (Å²) in [4.78, 5) is 12.3. The number of nitrogens with zero attached hydrogens (tertiary/aromatic N) is 2. The second kappa shape index (κ2) is 8.05. The Bertz CT molecular complexity index is 972. The molecular formula is C21H20N4OS. The molecule has 4 aromatic rings. The highest BCUT2D eigenvalue weighted by molar-refractivity contribution is 7.08. The number of hydrogen-bond donors (Lipinski definition) is 2. The molecule has 4 rings (SSSR count). The number of amides is 2. The molecule has 27 heavy (non-hydrogen) atoms. The zero-order valence-corrected chi connectivity index (χ0v) is 15.5. The maximum absolute atomic E-state index is 12.3. The van der Waals surface area contributed by atoms with E-state index in [9.17, 15) is 4.79 Å². The summed E-state index contributed by atoms with van der Waals surface area (Å²) < 4.78 is 1.87. The average Bonchev–Trinajstić information content (AvgIpc) is 3.41. The van der Waals surface area contributed by atoms with E-state index in [0.29, 0.717) is 13.1 Å². The van der Waals surface area contributed by atoms with E-state index in [1.54, 1.807) is 17.5 Å². The second-order valence-electron chi connectivity index (χ2n) is 6.26. The van der Waals surface area contributed by atoms with Crippen molar-refractivity contribution in [3.05, 3.63) is 88.9 Å². The van der Waals surface area contributed by atoms with Crippen LogP contribution in [-0.2, 0) is 6.54 Å². The highest BCUT2D eigenvalue weighted by Crippen LogP contribution is 2.20. The summed E-state index contributed by atoms with van der Waals surface area (Å²) >= 11 is 1.64. The van der Waals surface area contributed by atoms with Crippen molar-refractivity contribution >= 4 is 28.1 Å². The molecular weight excluding hydrogens is 356 g/mol. The molecule has 136 valence electrons. The van der Waals surface area contributed by atoms with Gasteiger partial charge in [0.2, 0.25) is 0 Å². The van der Waals surface area contributed by atoms with Crippen LogP contribution in [0.1, 0.15) is 17.2 Å². The van der Waals surface area contributed by atoms with Crippen LogP contribution in [0.15, 0.2) is 77.8 Å². The molecule has 0 spiro atoms. The van der Waals surface area contributed by atoms with E-state index in [4.69, 9.17) is 0 Å². The van der Waals surface area contributed by atoms with Crippen molar-refractivity contribution in [2.75, 3.05) is 6.54 Å². The monoisotopic (exact) mass is 376 g/mol. The first kappa shape index (κ1) is 17.3. The third-order valence-corrected chi connectivity index (χ3v) is 5.25. The van der Waals surface area contributed by atoms with Crippen molar-refractivity contribution in [1.82, 2.24) is 20.4 Å². The van der Waals surface area contributed by atoms with E-state index >= 15 is 0 Å².